The van der Waals surface area contributed by atoms with Gasteiger partial charge in [-0.3, -0.25) is 4.90 Å². The minimum absolute atomic E-state index is 0.162. The van der Waals surface area contributed by atoms with Gasteiger partial charge in [0.05, 0.1) is 0 Å². The van der Waals surface area contributed by atoms with Crippen molar-refractivity contribution >= 4 is 11.6 Å². The number of likely N-dealkylation sites (tertiary alicyclic amines) is 1. The van der Waals surface area contributed by atoms with Gasteiger partial charge in [-0.1, -0.05) is 35.9 Å². The van der Waals surface area contributed by atoms with Crippen LogP contribution in [0.1, 0.15) is 30.0 Å². The zero-order valence-corrected chi connectivity index (χ0v) is 12.0. The van der Waals surface area contributed by atoms with Crippen molar-refractivity contribution in [2.75, 3.05) is 6.54 Å². The topological polar surface area (TPSA) is 3.24 Å². The minimum Gasteiger partial charge on any atom is -0.292 e. The number of halogens is 2. The van der Waals surface area contributed by atoms with Crippen LogP contribution >= 0.6 is 11.6 Å². The molecule has 1 nitrogen and oxygen atoms in total. The Labute approximate surface area is 124 Å². The molecule has 2 aromatic rings. The zero-order chi connectivity index (χ0) is 13.9. The first-order valence-corrected chi connectivity index (χ1v) is 7.34. The Hall–Kier alpha value is -1.38. The average molecular weight is 290 g/mol. The second-order valence-corrected chi connectivity index (χ2v) is 5.75. The van der Waals surface area contributed by atoms with E-state index in [-0.39, 0.29) is 5.82 Å². The van der Waals surface area contributed by atoms with E-state index in [4.69, 9.17) is 11.6 Å². The van der Waals surface area contributed by atoms with Crippen molar-refractivity contribution in [2.24, 2.45) is 0 Å². The van der Waals surface area contributed by atoms with Gasteiger partial charge in [-0.15, -0.1) is 0 Å². The van der Waals surface area contributed by atoms with Gasteiger partial charge in [0.1, 0.15) is 5.82 Å². The summed E-state index contributed by atoms with van der Waals surface area (Å²) in [6, 6.07) is 15.4. The van der Waals surface area contributed by atoms with Crippen LogP contribution in [0.5, 0.6) is 0 Å². The maximum Gasteiger partial charge on any atom is 0.123 e. The summed E-state index contributed by atoms with van der Waals surface area (Å²) in [4.78, 5) is 2.41. The van der Waals surface area contributed by atoms with Crippen molar-refractivity contribution in [3.8, 4) is 0 Å². The Balaban J connectivity index is 1.77. The Morgan fingerprint density at radius 1 is 1.15 bits per heavy atom. The van der Waals surface area contributed by atoms with E-state index in [1.807, 2.05) is 18.2 Å². The van der Waals surface area contributed by atoms with Crippen molar-refractivity contribution in [3.63, 3.8) is 0 Å². The first kappa shape index (κ1) is 13.6. The molecule has 0 amide bonds. The SMILES string of the molecule is Fc1cccc(CN2CCC[C@H]2c2ccc(Cl)cc2)c1. The van der Waals surface area contributed by atoms with Gasteiger partial charge in [0.25, 0.3) is 0 Å². The van der Waals surface area contributed by atoms with Gasteiger partial charge in [0.15, 0.2) is 0 Å². The number of hydrogen-bond acceptors (Lipinski definition) is 1. The van der Waals surface area contributed by atoms with E-state index in [2.05, 4.69) is 17.0 Å². The maximum atomic E-state index is 13.3. The highest BCUT2D eigenvalue weighted by Gasteiger charge is 2.25. The molecular weight excluding hydrogens is 273 g/mol. The summed E-state index contributed by atoms with van der Waals surface area (Å²) >= 11 is 5.95. The lowest BCUT2D eigenvalue weighted by Gasteiger charge is -2.25. The fraction of sp³-hybridized carbons (Fsp3) is 0.294. The second-order valence-electron chi connectivity index (χ2n) is 5.31. The molecule has 2 aromatic carbocycles. The molecule has 0 aliphatic carbocycles. The molecule has 0 radical (unpaired) electrons. The van der Waals surface area contributed by atoms with Crippen LogP contribution in [0.25, 0.3) is 0 Å². The average Bonchev–Trinajstić information content (AvgIpc) is 2.88. The van der Waals surface area contributed by atoms with Gasteiger partial charge in [0, 0.05) is 17.6 Å². The van der Waals surface area contributed by atoms with E-state index >= 15 is 0 Å². The molecule has 104 valence electrons. The Kier molecular flexibility index (Phi) is 4.04. The lowest BCUT2D eigenvalue weighted by Crippen LogP contribution is -2.22. The molecule has 1 fully saturated rings. The number of rotatable bonds is 3. The lowest BCUT2D eigenvalue weighted by atomic mass is 10.0. The highest BCUT2D eigenvalue weighted by atomic mass is 35.5. The molecule has 0 bridgehead atoms. The summed E-state index contributed by atoms with van der Waals surface area (Å²) in [5.74, 6) is -0.162. The molecule has 1 heterocycles. The quantitative estimate of drug-likeness (QED) is 0.783. The molecule has 0 N–H and O–H groups in total. The van der Waals surface area contributed by atoms with E-state index in [1.54, 1.807) is 12.1 Å². The van der Waals surface area contributed by atoms with E-state index < -0.39 is 0 Å². The number of nitrogens with zero attached hydrogens (tertiary/aromatic N) is 1. The molecule has 3 rings (SSSR count). The fourth-order valence-corrected chi connectivity index (χ4v) is 3.07. The van der Waals surface area contributed by atoms with Gasteiger partial charge >= 0.3 is 0 Å². The third-order valence-electron chi connectivity index (χ3n) is 3.89. The van der Waals surface area contributed by atoms with Crippen LogP contribution in [-0.4, -0.2) is 11.4 Å². The monoisotopic (exact) mass is 289 g/mol. The minimum atomic E-state index is -0.162. The smallest absolute Gasteiger partial charge is 0.123 e. The molecule has 1 atom stereocenters. The Bertz CT molecular complexity index is 582. The van der Waals surface area contributed by atoms with Crippen LogP contribution in [-0.2, 0) is 6.54 Å². The van der Waals surface area contributed by atoms with Gasteiger partial charge in [-0.25, -0.2) is 4.39 Å². The molecule has 0 spiro atoms. The summed E-state index contributed by atoms with van der Waals surface area (Å²) in [5.41, 5.74) is 2.33. The van der Waals surface area contributed by atoms with Gasteiger partial charge < -0.3 is 0 Å². The van der Waals surface area contributed by atoms with Crippen LogP contribution in [0.3, 0.4) is 0 Å². The van der Waals surface area contributed by atoms with Gasteiger partial charge in [-0.2, -0.15) is 0 Å². The normalized spacial score (nSPS) is 19.4. The summed E-state index contributed by atoms with van der Waals surface area (Å²) < 4.78 is 13.3. The standard InChI is InChI=1S/C17H17ClFN/c18-15-8-6-14(7-9-15)17-5-2-10-20(17)12-13-3-1-4-16(19)11-13/h1,3-4,6-9,11,17H,2,5,10,12H2/t17-/m0/s1. The molecule has 0 unspecified atom stereocenters. The predicted octanol–water partition coefficient (Wildman–Crippen LogP) is 4.82. The van der Waals surface area contributed by atoms with Crippen molar-refractivity contribution in [1.29, 1.82) is 0 Å². The highest BCUT2D eigenvalue weighted by Crippen LogP contribution is 2.33. The van der Waals surface area contributed by atoms with Crippen LogP contribution in [0.4, 0.5) is 4.39 Å². The third-order valence-corrected chi connectivity index (χ3v) is 4.15. The van der Waals surface area contributed by atoms with Gasteiger partial charge in [-0.05, 0) is 54.8 Å². The molecular formula is C17H17ClFN. The van der Waals surface area contributed by atoms with E-state index in [0.29, 0.717) is 6.04 Å². The number of hydrogen-bond donors (Lipinski definition) is 0. The Morgan fingerprint density at radius 2 is 1.95 bits per heavy atom. The summed E-state index contributed by atoms with van der Waals surface area (Å²) in [6.07, 6.45) is 2.33. The maximum absolute atomic E-state index is 13.3. The van der Waals surface area contributed by atoms with Crippen molar-refractivity contribution in [3.05, 3.63) is 70.5 Å². The summed E-state index contributed by atoms with van der Waals surface area (Å²) in [5, 5.41) is 0.767. The largest absolute Gasteiger partial charge is 0.292 e. The predicted molar refractivity (Wildman–Crippen MR) is 80.2 cm³/mol. The van der Waals surface area contributed by atoms with E-state index in [9.17, 15) is 4.39 Å². The van der Waals surface area contributed by atoms with Gasteiger partial charge in [0.2, 0.25) is 0 Å². The van der Waals surface area contributed by atoms with E-state index in [0.717, 1.165) is 30.1 Å². The van der Waals surface area contributed by atoms with Crippen molar-refractivity contribution < 1.29 is 4.39 Å². The molecule has 0 saturated carbocycles. The lowest BCUT2D eigenvalue weighted by molar-refractivity contribution is 0.248. The molecule has 1 saturated heterocycles. The van der Waals surface area contributed by atoms with Crippen molar-refractivity contribution in [2.45, 2.75) is 25.4 Å². The molecule has 1 aliphatic heterocycles. The van der Waals surface area contributed by atoms with Crippen LogP contribution < -0.4 is 0 Å². The van der Waals surface area contributed by atoms with E-state index in [1.165, 1.54) is 18.1 Å². The Morgan fingerprint density at radius 3 is 2.70 bits per heavy atom. The first-order valence-electron chi connectivity index (χ1n) is 6.96. The first-order chi connectivity index (χ1) is 9.72. The molecule has 1 aliphatic rings. The van der Waals surface area contributed by atoms with Crippen LogP contribution in [0, 0.1) is 5.82 Å². The number of benzene rings is 2. The summed E-state index contributed by atoms with van der Waals surface area (Å²) in [7, 11) is 0. The zero-order valence-electron chi connectivity index (χ0n) is 11.2. The summed E-state index contributed by atoms with van der Waals surface area (Å²) in [6.45, 7) is 1.86. The van der Waals surface area contributed by atoms with Crippen molar-refractivity contribution in [1.82, 2.24) is 4.90 Å². The van der Waals surface area contributed by atoms with Crippen LogP contribution in [0.2, 0.25) is 5.02 Å². The highest BCUT2D eigenvalue weighted by molar-refractivity contribution is 6.30. The second kappa shape index (κ2) is 5.94. The van der Waals surface area contributed by atoms with Crippen LogP contribution in [0.15, 0.2) is 48.5 Å². The third kappa shape index (κ3) is 3.02. The molecule has 20 heavy (non-hydrogen) atoms. The molecule has 0 aromatic heterocycles. The fourth-order valence-electron chi connectivity index (χ4n) is 2.95. The molecule has 3 heteroatoms.